The van der Waals surface area contributed by atoms with Gasteiger partial charge in [0.15, 0.2) is 0 Å². The molecular weight excluding hydrogens is 350 g/mol. The van der Waals surface area contributed by atoms with Crippen LogP contribution in [0.5, 0.6) is 0 Å². The van der Waals surface area contributed by atoms with Crippen LogP contribution >= 0.6 is 0 Å². The zero-order valence-corrected chi connectivity index (χ0v) is 14.1. The van der Waals surface area contributed by atoms with Crippen molar-refractivity contribution in [1.29, 1.82) is 0 Å². The van der Waals surface area contributed by atoms with Gasteiger partial charge in [-0.3, -0.25) is 10.3 Å². The lowest BCUT2D eigenvalue weighted by Crippen LogP contribution is -2.18. The highest BCUT2D eigenvalue weighted by Gasteiger charge is 2.33. The maximum absolute atomic E-state index is 14.2. The van der Waals surface area contributed by atoms with Crippen molar-refractivity contribution in [3.63, 3.8) is 0 Å². The Kier molecular flexibility index (Phi) is 4.83. The number of hydrogen-bond donors (Lipinski definition) is 1. The molecular formula is C20H14F2N4O. The van der Waals surface area contributed by atoms with Crippen molar-refractivity contribution in [1.82, 2.24) is 20.3 Å². The van der Waals surface area contributed by atoms with E-state index in [2.05, 4.69) is 32.1 Å². The molecule has 1 N–H and O–H groups in total. The van der Waals surface area contributed by atoms with Gasteiger partial charge in [-0.05, 0) is 41.8 Å². The minimum absolute atomic E-state index is 0.169. The molecule has 2 aromatic heterocycles. The average Bonchev–Trinajstić information content (AvgIpc) is 3.19. The number of rotatable bonds is 2. The van der Waals surface area contributed by atoms with Crippen LogP contribution in [-0.4, -0.2) is 21.7 Å². The Morgan fingerprint density at radius 1 is 1.07 bits per heavy atom. The van der Waals surface area contributed by atoms with Gasteiger partial charge in [-0.25, -0.2) is 18.7 Å². The van der Waals surface area contributed by atoms with Crippen molar-refractivity contribution in [2.75, 3.05) is 6.73 Å². The lowest BCUT2D eigenvalue weighted by Gasteiger charge is -2.19. The fraction of sp³-hybridized carbons (Fsp3) is 0.150. The molecule has 5 nitrogen and oxygen atoms in total. The third-order valence-corrected chi connectivity index (χ3v) is 4.17. The number of pyridine rings is 1. The first-order valence-corrected chi connectivity index (χ1v) is 8.23. The van der Waals surface area contributed by atoms with Crippen LogP contribution < -0.4 is 5.32 Å². The van der Waals surface area contributed by atoms with E-state index in [1.54, 1.807) is 24.7 Å². The van der Waals surface area contributed by atoms with Crippen molar-refractivity contribution >= 4 is 0 Å². The number of nitrogens with zero attached hydrogens (tertiary/aromatic N) is 3. The number of halogens is 2. The van der Waals surface area contributed by atoms with E-state index in [1.165, 1.54) is 6.33 Å². The second-order valence-corrected chi connectivity index (χ2v) is 5.93. The molecule has 0 bridgehead atoms. The zero-order valence-electron chi connectivity index (χ0n) is 14.1. The van der Waals surface area contributed by atoms with Gasteiger partial charge in [0.1, 0.15) is 29.8 Å². The Bertz CT molecular complexity index is 1020. The van der Waals surface area contributed by atoms with E-state index in [9.17, 15) is 8.78 Å². The molecule has 1 aliphatic rings. The van der Waals surface area contributed by atoms with E-state index >= 15 is 0 Å². The minimum Gasteiger partial charge on any atom is -0.356 e. The van der Waals surface area contributed by atoms with Crippen LogP contribution in [0.3, 0.4) is 0 Å². The summed E-state index contributed by atoms with van der Waals surface area (Å²) in [4.78, 5) is 12.1. The zero-order chi connectivity index (χ0) is 18.6. The normalized spacial score (nSPS) is 18.7. The molecule has 134 valence electrons. The third kappa shape index (κ3) is 3.82. The topological polar surface area (TPSA) is 59.9 Å². The first-order chi connectivity index (χ1) is 13.2. The quantitative estimate of drug-likeness (QED) is 0.709. The summed E-state index contributed by atoms with van der Waals surface area (Å²) in [6.45, 7) is 0.224. The van der Waals surface area contributed by atoms with Crippen LogP contribution in [0.4, 0.5) is 8.78 Å². The molecule has 27 heavy (non-hydrogen) atoms. The van der Waals surface area contributed by atoms with Crippen LogP contribution in [0.25, 0.3) is 0 Å². The van der Waals surface area contributed by atoms with E-state index < -0.39 is 17.7 Å². The summed E-state index contributed by atoms with van der Waals surface area (Å²) < 4.78 is 33.4. The standard InChI is InChI=1S/C20H14F2N4O/c21-15-2-4-18(22)17(8-15)20-19(26-12-27-20)14-7-13(9-24-10-14)1-3-16-5-6-23-11-25-16/h2,4-11,19-20,26H,12H2/t19-,20-/m1/s1. The molecule has 0 aliphatic carbocycles. The molecule has 7 heteroatoms. The summed E-state index contributed by atoms with van der Waals surface area (Å²) in [5.74, 6) is 4.91. The molecule has 0 saturated carbocycles. The number of ether oxygens (including phenoxy) is 1. The Morgan fingerprint density at radius 2 is 2.00 bits per heavy atom. The smallest absolute Gasteiger partial charge is 0.129 e. The van der Waals surface area contributed by atoms with Crippen molar-refractivity contribution in [3.8, 4) is 11.8 Å². The van der Waals surface area contributed by atoms with E-state index in [0.29, 0.717) is 11.3 Å². The fourth-order valence-electron chi connectivity index (χ4n) is 2.92. The van der Waals surface area contributed by atoms with Gasteiger partial charge in [0.05, 0.1) is 12.8 Å². The Hall–Kier alpha value is -3.21. The largest absolute Gasteiger partial charge is 0.356 e. The lowest BCUT2D eigenvalue weighted by atomic mass is 9.96. The molecule has 3 aromatic rings. The van der Waals surface area contributed by atoms with Crippen molar-refractivity contribution in [3.05, 3.63) is 89.3 Å². The first kappa shape index (κ1) is 17.2. The Morgan fingerprint density at radius 3 is 2.85 bits per heavy atom. The predicted molar refractivity (Wildman–Crippen MR) is 93.2 cm³/mol. The van der Waals surface area contributed by atoms with Gasteiger partial charge in [0.25, 0.3) is 0 Å². The molecule has 0 amide bonds. The predicted octanol–water partition coefficient (Wildman–Crippen LogP) is 2.91. The van der Waals surface area contributed by atoms with E-state index in [4.69, 9.17) is 4.74 Å². The second-order valence-electron chi connectivity index (χ2n) is 5.93. The first-order valence-electron chi connectivity index (χ1n) is 8.23. The molecule has 1 fully saturated rings. The molecule has 1 saturated heterocycles. The molecule has 4 rings (SSSR count). The summed E-state index contributed by atoms with van der Waals surface area (Å²) in [6, 6.07) is 6.53. The molecule has 0 unspecified atom stereocenters. The summed E-state index contributed by atoms with van der Waals surface area (Å²) in [6.07, 6.45) is 5.67. The third-order valence-electron chi connectivity index (χ3n) is 4.17. The Balaban J connectivity index is 1.63. The molecule has 1 aliphatic heterocycles. The molecule has 0 spiro atoms. The van der Waals surface area contributed by atoms with Gasteiger partial charge in [0, 0.05) is 29.7 Å². The fourth-order valence-corrected chi connectivity index (χ4v) is 2.92. The van der Waals surface area contributed by atoms with Gasteiger partial charge in [0.2, 0.25) is 0 Å². The number of benzene rings is 1. The monoisotopic (exact) mass is 364 g/mol. The second kappa shape index (κ2) is 7.58. The van der Waals surface area contributed by atoms with Gasteiger partial charge in [-0.15, -0.1) is 0 Å². The summed E-state index contributed by atoms with van der Waals surface area (Å²) >= 11 is 0. The molecule has 3 heterocycles. The lowest BCUT2D eigenvalue weighted by molar-refractivity contribution is 0.0995. The number of aromatic nitrogens is 3. The van der Waals surface area contributed by atoms with Crippen molar-refractivity contribution < 1.29 is 13.5 Å². The minimum atomic E-state index is -0.660. The summed E-state index contributed by atoms with van der Waals surface area (Å²) in [5, 5.41) is 3.15. The van der Waals surface area contributed by atoms with Gasteiger partial charge < -0.3 is 4.74 Å². The molecule has 0 radical (unpaired) electrons. The SMILES string of the molecule is Fc1ccc(F)c([C@H]2OCN[C@@H]2c2cncc(C#Cc3ccncn3)c2)c1. The Labute approximate surface area is 154 Å². The number of nitrogens with one attached hydrogen (secondary N) is 1. The summed E-state index contributed by atoms with van der Waals surface area (Å²) in [5.41, 5.74) is 2.22. The molecule has 2 atom stereocenters. The molecule has 1 aromatic carbocycles. The summed E-state index contributed by atoms with van der Waals surface area (Å²) in [7, 11) is 0. The van der Waals surface area contributed by atoms with Crippen LogP contribution in [0, 0.1) is 23.5 Å². The van der Waals surface area contributed by atoms with Crippen LogP contribution in [0.15, 0.2) is 55.2 Å². The highest BCUT2D eigenvalue weighted by molar-refractivity contribution is 5.41. The number of hydrogen-bond acceptors (Lipinski definition) is 5. The highest BCUT2D eigenvalue weighted by atomic mass is 19.1. The highest BCUT2D eigenvalue weighted by Crippen LogP contribution is 2.37. The van der Waals surface area contributed by atoms with E-state index in [-0.39, 0.29) is 18.3 Å². The van der Waals surface area contributed by atoms with Gasteiger partial charge in [-0.1, -0.05) is 5.92 Å². The van der Waals surface area contributed by atoms with E-state index in [0.717, 1.165) is 23.8 Å². The van der Waals surface area contributed by atoms with Gasteiger partial charge in [-0.2, -0.15) is 0 Å². The van der Waals surface area contributed by atoms with Crippen LogP contribution in [0.1, 0.15) is 34.5 Å². The van der Waals surface area contributed by atoms with Crippen molar-refractivity contribution in [2.45, 2.75) is 12.1 Å². The van der Waals surface area contributed by atoms with Crippen molar-refractivity contribution in [2.24, 2.45) is 0 Å². The average molecular weight is 364 g/mol. The van der Waals surface area contributed by atoms with E-state index in [1.807, 2.05) is 6.07 Å². The maximum Gasteiger partial charge on any atom is 0.129 e. The van der Waals surface area contributed by atoms with Gasteiger partial charge >= 0.3 is 0 Å². The van der Waals surface area contributed by atoms with Crippen LogP contribution in [-0.2, 0) is 4.74 Å². The maximum atomic E-state index is 14.2. The van der Waals surface area contributed by atoms with Crippen LogP contribution in [0.2, 0.25) is 0 Å².